The summed E-state index contributed by atoms with van der Waals surface area (Å²) in [7, 11) is 0. The number of rotatable bonds is 2. The van der Waals surface area contributed by atoms with Gasteiger partial charge in [-0.2, -0.15) is 0 Å². The molecular formula is C44H26O. The minimum Gasteiger partial charge on any atom is -0.455 e. The van der Waals surface area contributed by atoms with E-state index in [9.17, 15) is 0 Å². The predicted molar refractivity (Wildman–Crippen MR) is 192 cm³/mol. The van der Waals surface area contributed by atoms with Gasteiger partial charge in [-0.05, 0) is 101 Å². The van der Waals surface area contributed by atoms with Gasteiger partial charge >= 0.3 is 0 Å². The van der Waals surface area contributed by atoms with Crippen LogP contribution in [0.3, 0.4) is 0 Å². The van der Waals surface area contributed by atoms with Crippen LogP contribution in [0.4, 0.5) is 0 Å². The van der Waals surface area contributed by atoms with E-state index in [0.717, 1.165) is 21.9 Å². The number of hydrogen-bond acceptors (Lipinski definition) is 1. The molecule has 0 spiro atoms. The van der Waals surface area contributed by atoms with Crippen molar-refractivity contribution >= 4 is 75.8 Å². The number of furan rings is 1. The molecule has 0 bridgehead atoms. The van der Waals surface area contributed by atoms with Gasteiger partial charge in [0.1, 0.15) is 11.2 Å². The van der Waals surface area contributed by atoms with E-state index in [1.54, 1.807) is 0 Å². The van der Waals surface area contributed by atoms with Crippen LogP contribution in [-0.2, 0) is 0 Å². The van der Waals surface area contributed by atoms with Crippen LogP contribution in [-0.4, -0.2) is 0 Å². The first-order valence-corrected chi connectivity index (χ1v) is 15.5. The summed E-state index contributed by atoms with van der Waals surface area (Å²) in [6.45, 7) is 0. The van der Waals surface area contributed by atoms with Crippen molar-refractivity contribution in [2.45, 2.75) is 0 Å². The lowest BCUT2D eigenvalue weighted by Gasteiger charge is -2.15. The maximum absolute atomic E-state index is 6.74. The second-order valence-corrected chi connectivity index (χ2v) is 12.0. The van der Waals surface area contributed by atoms with Crippen molar-refractivity contribution in [2.75, 3.05) is 0 Å². The summed E-state index contributed by atoms with van der Waals surface area (Å²) in [5.74, 6) is 0. The van der Waals surface area contributed by atoms with Crippen LogP contribution in [0.25, 0.3) is 98.1 Å². The molecule has 0 amide bonds. The fourth-order valence-corrected chi connectivity index (χ4v) is 7.58. The van der Waals surface area contributed by atoms with Crippen molar-refractivity contribution in [1.82, 2.24) is 0 Å². The summed E-state index contributed by atoms with van der Waals surface area (Å²) >= 11 is 0. The van der Waals surface area contributed by atoms with Gasteiger partial charge in [-0.15, -0.1) is 0 Å². The van der Waals surface area contributed by atoms with Crippen LogP contribution >= 0.6 is 0 Å². The van der Waals surface area contributed by atoms with E-state index in [-0.39, 0.29) is 0 Å². The maximum Gasteiger partial charge on any atom is 0.143 e. The van der Waals surface area contributed by atoms with Gasteiger partial charge in [0.2, 0.25) is 0 Å². The molecule has 10 rings (SSSR count). The summed E-state index contributed by atoms with van der Waals surface area (Å²) in [6.07, 6.45) is 0. The molecule has 0 aliphatic carbocycles. The highest BCUT2D eigenvalue weighted by Gasteiger charge is 2.19. The third kappa shape index (κ3) is 3.56. The van der Waals surface area contributed by atoms with Crippen LogP contribution in [0, 0.1) is 0 Å². The van der Waals surface area contributed by atoms with Crippen molar-refractivity contribution < 1.29 is 4.42 Å². The van der Waals surface area contributed by atoms with Crippen molar-refractivity contribution in [2.24, 2.45) is 0 Å². The van der Waals surface area contributed by atoms with Crippen LogP contribution in [0.1, 0.15) is 0 Å². The van der Waals surface area contributed by atoms with E-state index in [4.69, 9.17) is 4.42 Å². The lowest BCUT2D eigenvalue weighted by atomic mass is 9.88. The Kier molecular flexibility index (Phi) is 5.06. The molecule has 45 heavy (non-hydrogen) atoms. The molecule has 0 aliphatic heterocycles. The largest absolute Gasteiger partial charge is 0.455 e. The number of benzene rings is 9. The molecule has 1 nitrogen and oxygen atoms in total. The standard InChI is InChI=1S/C44H26O/c1-4-13-32-27(9-1)12-7-16-34(32)30-20-22-36-31(25-30)21-24-39-43-38(17-8-18-41(43)45-44(36)39)42-35-15-6-3-11-29(35)26-40-33-14-5-2-10-28(33)19-23-37(40)42/h1-26H. The Balaban J connectivity index is 1.26. The average molecular weight is 571 g/mol. The van der Waals surface area contributed by atoms with Gasteiger partial charge < -0.3 is 4.42 Å². The zero-order valence-corrected chi connectivity index (χ0v) is 24.4. The van der Waals surface area contributed by atoms with E-state index in [1.165, 1.54) is 76.1 Å². The lowest BCUT2D eigenvalue weighted by Crippen LogP contribution is -1.88. The van der Waals surface area contributed by atoms with Gasteiger partial charge in [0.25, 0.3) is 0 Å². The normalized spacial score (nSPS) is 12.0. The molecule has 9 aromatic carbocycles. The Morgan fingerprint density at radius 2 is 0.956 bits per heavy atom. The van der Waals surface area contributed by atoms with Crippen molar-refractivity contribution in [1.29, 1.82) is 0 Å². The topological polar surface area (TPSA) is 13.1 Å². The van der Waals surface area contributed by atoms with Crippen LogP contribution in [0.2, 0.25) is 0 Å². The molecule has 0 unspecified atom stereocenters. The van der Waals surface area contributed by atoms with Gasteiger partial charge in [-0.25, -0.2) is 0 Å². The van der Waals surface area contributed by atoms with Crippen molar-refractivity contribution in [3.8, 4) is 22.3 Å². The minimum absolute atomic E-state index is 0.912. The van der Waals surface area contributed by atoms with E-state index < -0.39 is 0 Å². The highest BCUT2D eigenvalue weighted by molar-refractivity contribution is 6.26. The SMILES string of the molecule is c1ccc2c(-c3ccc4c(ccc5c4oc4cccc(-c6c7ccccc7cc7c6ccc6ccccc67)c45)c3)cccc2c1. The quantitative estimate of drug-likeness (QED) is 0.149. The third-order valence-electron chi connectivity index (χ3n) is 9.62. The first-order valence-electron chi connectivity index (χ1n) is 15.5. The monoisotopic (exact) mass is 570 g/mol. The summed E-state index contributed by atoms with van der Waals surface area (Å²) in [5, 5.41) is 14.7. The lowest BCUT2D eigenvalue weighted by molar-refractivity contribution is 0.673. The first-order chi connectivity index (χ1) is 22.3. The van der Waals surface area contributed by atoms with Crippen LogP contribution in [0.5, 0.6) is 0 Å². The Labute approximate surface area is 259 Å². The summed E-state index contributed by atoms with van der Waals surface area (Å²) in [5.41, 5.74) is 6.77. The van der Waals surface area contributed by atoms with E-state index in [0.29, 0.717) is 0 Å². The smallest absolute Gasteiger partial charge is 0.143 e. The third-order valence-corrected chi connectivity index (χ3v) is 9.62. The molecular weight excluding hydrogens is 544 g/mol. The Morgan fingerprint density at radius 3 is 1.84 bits per heavy atom. The maximum atomic E-state index is 6.74. The van der Waals surface area contributed by atoms with Crippen molar-refractivity contribution in [3.63, 3.8) is 0 Å². The predicted octanol–water partition coefficient (Wildman–Crippen LogP) is 12.7. The Bertz CT molecular complexity index is 2810. The van der Waals surface area contributed by atoms with Gasteiger partial charge in [0.05, 0.1) is 0 Å². The first kappa shape index (κ1) is 24.5. The van der Waals surface area contributed by atoms with Crippen LogP contribution < -0.4 is 0 Å². The van der Waals surface area contributed by atoms with Gasteiger partial charge in [0, 0.05) is 16.2 Å². The van der Waals surface area contributed by atoms with Gasteiger partial charge in [-0.3, -0.25) is 0 Å². The second kappa shape index (κ2) is 9.29. The molecule has 1 aromatic heterocycles. The molecule has 0 aliphatic rings. The highest BCUT2D eigenvalue weighted by Crippen LogP contribution is 2.45. The molecule has 1 heteroatoms. The summed E-state index contributed by atoms with van der Waals surface area (Å²) < 4.78 is 6.74. The molecule has 0 N–H and O–H groups in total. The number of hydrogen-bond donors (Lipinski definition) is 0. The Morgan fingerprint density at radius 1 is 0.333 bits per heavy atom. The van der Waals surface area contributed by atoms with E-state index in [2.05, 4.69) is 158 Å². The minimum atomic E-state index is 0.912. The molecule has 208 valence electrons. The number of fused-ring (bicyclic) bond motifs is 10. The fraction of sp³-hybridized carbons (Fsp3) is 0. The van der Waals surface area contributed by atoms with E-state index >= 15 is 0 Å². The second-order valence-electron chi connectivity index (χ2n) is 12.0. The summed E-state index contributed by atoms with van der Waals surface area (Å²) in [4.78, 5) is 0. The zero-order valence-electron chi connectivity index (χ0n) is 24.4. The molecule has 0 fully saturated rings. The van der Waals surface area contributed by atoms with E-state index in [1.807, 2.05) is 0 Å². The molecule has 10 aromatic rings. The summed E-state index contributed by atoms with van der Waals surface area (Å²) in [6, 6.07) is 57.3. The van der Waals surface area contributed by atoms with Gasteiger partial charge in [0.15, 0.2) is 0 Å². The molecule has 0 saturated carbocycles. The molecule has 1 heterocycles. The Hall–Kier alpha value is -5.92. The highest BCUT2D eigenvalue weighted by atomic mass is 16.3. The molecule has 0 radical (unpaired) electrons. The van der Waals surface area contributed by atoms with Crippen molar-refractivity contribution in [3.05, 3.63) is 158 Å². The molecule has 0 atom stereocenters. The zero-order chi connectivity index (χ0) is 29.5. The molecule has 0 saturated heterocycles. The van der Waals surface area contributed by atoms with Gasteiger partial charge in [-0.1, -0.05) is 127 Å². The average Bonchev–Trinajstić information content (AvgIpc) is 3.50. The fourth-order valence-electron chi connectivity index (χ4n) is 7.58. The van der Waals surface area contributed by atoms with Crippen LogP contribution in [0.15, 0.2) is 162 Å².